The Bertz CT molecular complexity index is 436. The van der Waals surface area contributed by atoms with E-state index in [0.29, 0.717) is 12.1 Å². The van der Waals surface area contributed by atoms with Crippen LogP contribution in [0.5, 0.6) is 0 Å². The summed E-state index contributed by atoms with van der Waals surface area (Å²) in [5.74, 6) is -0.203. The molecular formula is C10H12ClNO3S. The molecule has 0 aliphatic heterocycles. The van der Waals surface area contributed by atoms with E-state index in [0.717, 1.165) is 0 Å². The summed E-state index contributed by atoms with van der Waals surface area (Å²) in [4.78, 5) is 13.3. The van der Waals surface area contributed by atoms with Gasteiger partial charge in [0.2, 0.25) is 0 Å². The highest BCUT2D eigenvalue weighted by Gasteiger charge is 2.14. The summed E-state index contributed by atoms with van der Waals surface area (Å²) >= 11 is 3.55. The Labute approximate surface area is 101 Å². The Morgan fingerprint density at radius 3 is 2.69 bits per heavy atom. The molecule has 0 spiro atoms. The summed E-state index contributed by atoms with van der Waals surface area (Å²) in [6.07, 6.45) is 0. The predicted octanol–water partition coefficient (Wildman–Crippen LogP) is 2.01. The molecule has 1 atom stereocenters. The lowest BCUT2D eigenvalue weighted by atomic mass is 10.2. The normalized spacial score (nSPS) is 12.2. The largest absolute Gasteiger partial charge is 0.342 e. The van der Waals surface area contributed by atoms with Gasteiger partial charge in [-0.1, -0.05) is 11.6 Å². The molecule has 0 bridgehead atoms. The van der Waals surface area contributed by atoms with Gasteiger partial charge in [-0.2, -0.15) is 0 Å². The predicted molar refractivity (Wildman–Crippen MR) is 63.1 cm³/mol. The first-order valence-corrected chi connectivity index (χ1v) is 6.11. The van der Waals surface area contributed by atoms with Crippen molar-refractivity contribution in [1.82, 2.24) is 4.90 Å². The second-order valence-corrected chi connectivity index (χ2v) is 4.56. The van der Waals surface area contributed by atoms with Crippen LogP contribution in [0.2, 0.25) is 5.02 Å². The van der Waals surface area contributed by atoms with Gasteiger partial charge in [-0.15, -0.1) is 0 Å². The molecule has 1 aromatic rings. The molecule has 0 aromatic heterocycles. The van der Waals surface area contributed by atoms with Crippen LogP contribution in [0.3, 0.4) is 0 Å². The van der Waals surface area contributed by atoms with Gasteiger partial charge in [0.05, 0.1) is 9.92 Å². The second-order valence-electron chi connectivity index (χ2n) is 3.21. The lowest BCUT2D eigenvalue weighted by molar-refractivity contribution is 0.0802. The number of halogens is 1. The maximum Gasteiger partial charge on any atom is 0.253 e. The van der Waals surface area contributed by atoms with E-state index >= 15 is 0 Å². The lowest BCUT2D eigenvalue weighted by Crippen LogP contribution is -2.26. The Morgan fingerprint density at radius 1 is 1.56 bits per heavy atom. The van der Waals surface area contributed by atoms with Crippen LogP contribution in [-0.2, 0) is 11.1 Å². The van der Waals surface area contributed by atoms with E-state index in [9.17, 15) is 9.00 Å². The quantitative estimate of drug-likeness (QED) is 0.847. The van der Waals surface area contributed by atoms with Gasteiger partial charge < -0.3 is 9.45 Å². The molecule has 1 aromatic carbocycles. The van der Waals surface area contributed by atoms with Gasteiger partial charge >= 0.3 is 0 Å². The fraction of sp³-hybridized carbons (Fsp3) is 0.300. The van der Waals surface area contributed by atoms with Gasteiger partial charge in [-0.05, 0) is 25.1 Å². The summed E-state index contributed by atoms with van der Waals surface area (Å²) in [6.45, 7) is 2.41. The first kappa shape index (κ1) is 13.2. The van der Waals surface area contributed by atoms with E-state index in [1.54, 1.807) is 7.05 Å². The Kier molecular flexibility index (Phi) is 4.46. The van der Waals surface area contributed by atoms with E-state index in [-0.39, 0.29) is 15.8 Å². The molecule has 0 fully saturated rings. The molecule has 16 heavy (non-hydrogen) atoms. The van der Waals surface area contributed by atoms with Crippen molar-refractivity contribution in [2.75, 3.05) is 13.6 Å². The van der Waals surface area contributed by atoms with Crippen LogP contribution in [-0.4, -0.2) is 33.2 Å². The molecule has 0 saturated heterocycles. The van der Waals surface area contributed by atoms with Crippen LogP contribution >= 0.6 is 11.6 Å². The van der Waals surface area contributed by atoms with Crippen molar-refractivity contribution in [3.05, 3.63) is 28.8 Å². The van der Waals surface area contributed by atoms with Crippen molar-refractivity contribution < 1.29 is 13.6 Å². The van der Waals surface area contributed by atoms with Crippen molar-refractivity contribution in [2.45, 2.75) is 11.8 Å². The third kappa shape index (κ3) is 2.81. The minimum Gasteiger partial charge on any atom is -0.342 e. The zero-order valence-corrected chi connectivity index (χ0v) is 10.5. The molecule has 1 rings (SSSR count). The van der Waals surface area contributed by atoms with Gasteiger partial charge in [-0.3, -0.25) is 4.79 Å². The van der Waals surface area contributed by atoms with Gasteiger partial charge in [0.25, 0.3) is 5.91 Å². The molecule has 6 heteroatoms. The van der Waals surface area contributed by atoms with Crippen LogP contribution in [0.15, 0.2) is 23.1 Å². The molecule has 1 unspecified atom stereocenters. The Morgan fingerprint density at radius 2 is 2.19 bits per heavy atom. The summed E-state index contributed by atoms with van der Waals surface area (Å²) in [5.41, 5.74) is 0.353. The first-order chi connectivity index (χ1) is 7.47. The standard InChI is InChI=1S/C10H12ClNO3S/c1-3-12(2)10(13)7-4-5-8(11)9(6-7)16(14)15/h4-6H,3H2,1-2H3,(H,14,15). The third-order valence-corrected chi connectivity index (χ3v) is 3.34. The van der Waals surface area contributed by atoms with Gasteiger partial charge in [0.15, 0.2) is 11.1 Å². The van der Waals surface area contributed by atoms with Crippen molar-refractivity contribution in [1.29, 1.82) is 0 Å². The number of carbonyl (C=O) groups is 1. The van der Waals surface area contributed by atoms with Crippen LogP contribution < -0.4 is 0 Å². The molecule has 4 nitrogen and oxygen atoms in total. The number of nitrogens with zero attached hydrogens (tertiary/aromatic N) is 1. The fourth-order valence-corrected chi connectivity index (χ4v) is 1.91. The SMILES string of the molecule is CCN(C)C(=O)c1ccc(Cl)c(S(=O)O)c1. The summed E-state index contributed by atoms with van der Waals surface area (Å²) in [5, 5.41) is 0.177. The summed E-state index contributed by atoms with van der Waals surface area (Å²) in [6, 6.07) is 4.32. The minimum atomic E-state index is -2.19. The Hall–Kier alpha value is -0.910. The molecule has 1 N–H and O–H groups in total. The molecule has 1 amide bonds. The number of hydrogen-bond donors (Lipinski definition) is 1. The first-order valence-electron chi connectivity index (χ1n) is 4.63. The van der Waals surface area contributed by atoms with Crippen LogP contribution in [0, 0.1) is 0 Å². The van der Waals surface area contributed by atoms with Gasteiger partial charge in [0.1, 0.15) is 0 Å². The summed E-state index contributed by atoms with van der Waals surface area (Å²) < 4.78 is 19.9. The monoisotopic (exact) mass is 261 g/mol. The highest BCUT2D eigenvalue weighted by Crippen LogP contribution is 2.21. The number of hydrogen-bond acceptors (Lipinski definition) is 2. The zero-order chi connectivity index (χ0) is 12.3. The second kappa shape index (κ2) is 5.43. The lowest BCUT2D eigenvalue weighted by Gasteiger charge is -2.14. The molecule has 88 valence electrons. The van der Waals surface area contributed by atoms with Crippen LogP contribution in [0.25, 0.3) is 0 Å². The van der Waals surface area contributed by atoms with Crippen molar-refractivity contribution >= 4 is 28.6 Å². The van der Waals surface area contributed by atoms with E-state index in [1.807, 2.05) is 6.92 Å². The molecular weight excluding hydrogens is 250 g/mol. The van der Waals surface area contributed by atoms with Crippen molar-refractivity contribution in [3.8, 4) is 0 Å². The van der Waals surface area contributed by atoms with E-state index in [1.165, 1.54) is 23.1 Å². The van der Waals surface area contributed by atoms with E-state index in [4.69, 9.17) is 16.2 Å². The smallest absolute Gasteiger partial charge is 0.253 e. The average molecular weight is 262 g/mol. The van der Waals surface area contributed by atoms with Crippen molar-refractivity contribution in [3.63, 3.8) is 0 Å². The molecule has 0 heterocycles. The third-order valence-electron chi connectivity index (χ3n) is 2.19. The fourth-order valence-electron chi connectivity index (χ4n) is 1.13. The number of amides is 1. The highest BCUT2D eigenvalue weighted by atomic mass is 35.5. The van der Waals surface area contributed by atoms with Gasteiger partial charge in [-0.25, -0.2) is 4.21 Å². The molecule has 0 aliphatic carbocycles. The van der Waals surface area contributed by atoms with Gasteiger partial charge in [0, 0.05) is 19.2 Å². The molecule has 0 aliphatic rings. The zero-order valence-electron chi connectivity index (χ0n) is 8.94. The maximum absolute atomic E-state index is 11.8. The summed E-state index contributed by atoms with van der Waals surface area (Å²) in [7, 11) is 1.66. The van der Waals surface area contributed by atoms with Crippen molar-refractivity contribution in [2.24, 2.45) is 0 Å². The highest BCUT2D eigenvalue weighted by molar-refractivity contribution is 7.79. The number of carbonyl (C=O) groups excluding carboxylic acids is 1. The Balaban J connectivity index is 3.13. The topological polar surface area (TPSA) is 57.6 Å². The number of benzene rings is 1. The number of rotatable bonds is 3. The minimum absolute atomic E-state index is 0.0528. The maximum atomic E-state index is 11.8. The van der Waals surface area contributed by atoms with Crippen LogP contribution in [0.4, 0.5) is 0 Å². The van der Waals surface area contributed by atoms with E-state index in [2.05, 4.69) is 0 Å². The molecule has 0 saturated carbocycles. The van der Waals surface area contributed by atoms with Crippen LogP contribution in [0.1, 0.15) is 17.3 Å². The average Bonchev–Trinajstić information content (AvgIpc) is 2.27. The molecule has 0 radical (unpaired) electrons. The van der Waals surface area contributed by atoms with E-state index < -0.39 is 11.1 Å².